The Morgan fingerprint density at radius 2 is 2.04 bits per heavy atom. The topological polar surface area (TPSA) is 70.1 Å². The van der Waals surface area contributed by atoms with Crippen molar-refractivity contribution in [1.82, 2.24) is 9.78 Å². The van der Waals surface area contributed by atoms with E-state index in [1.165, 1.54) is 13.2 Å². The molecule has 122 valence electrons. The number of carbonyl (C=O) groups excluding carboxylic acids is 1. The minimum atomic E-state index is -0.878. The number of Topliss-reactive ketones (excluding diaryl/α,β-unsaturated/α-hetero) is 1. The van der Waals surface area contributed by atoms with E-state index in [1.54, 1.807) is 4.68 Å². The van der Waals surface area contributed by atoms with Crippen molar-refractivity contribution in [3.05, 3.63) is 46.7 Å². The quantitative estimate of drug-likeness (QED) is 0.830. The number of nitrogens with two attached hydrogens (primary N) is 1. The van der Waals surface area contributed by atoms with E-state index < -0.39 is 23.0 Å². The van der Waals surface area contributed by atoms with Crippen molar-refractivity contribution in [2.24, 2.45) is 0 Å². The molecule has 7 heteroatoms. The maximum atomic E-state index is 13.8. The van der Waals surface area contributed by atoms with Gasteiger partial charge in [-0.3, -0.25) is 4.79 Å². The third kappa shape index (κ3) is 2.96. The number of rotatable bonds is 6. The van der Waals surface area contributed by atoms with E-state index in [-0.39, 0.29) is 19.1 Å². The number of anilines is 1. The minimum absolute atomic E-state index is 0.187. The summed E-state index contributed by atoms with van der Waals surface area (Å²) in [5, 5.41) is 4.38. The highest BCUT2D eigenvalue weighted by atomic mass is 19.1. The second-order valence-corrected chi connectivity index (χ2v) is 5.62. The Morgan fingerprint density at radius 3 is 2.61 bits per heavy atom. The lowest BCUT2D eigenvalue weighted by Gasteiger charge is -2.06. The first-order chi connectivity index (χ1) is 11.0. The second kappa shape index (κ2) is 6.08. The Kier molecular flexibility index (Phi) is 4.12. The first-order valence-electron chi connectivity index (χ1n) is 7.34. The summed E-state index contributed by atoms with van der Waals surface area (Å²) < 4.78 is 34.3. The summed E-state index contributed by atoms with van der Waals surface area (Å²) in [7, 11) is 1.51. The normalized spacial score (nSPS) is 14.2. The molecule has 1 heterocycles. The maximum Gasteiger partial charge on any atom is 0.173 e. The molecule has 1 aliphatic rings. The molecule has 3 rings (SSSR count). The highest BCUT2D eigenvalue weighted by molar-refractivity contribution is 5.98. The van der Waals surface area contributed by atoms with Crippen molar-refractivity contribution in [1.29, 1.82) is 0 Å². The molecule has 0 spiro atoms. The maximum absolute atomic E-state index is 13.8. The zero-order valence-corrected chi connectivity index (χ0v) is 12.7. The lowest BCUT2D eigenvalue weighted by atomic mass is 10.0. The predicted octanol–water partition coefficient (Wildman–Crippen LogP) is 2.65. The molecule has 0 atom stereocenters. The SMILES string of the molecule is COCc1nn(C2CC2)c(N)c1CC(=O)c1c(F)cccc1F. The molecule has 0 radical (unpaired) electrons. The molecule has 0 aliphatic heterocycles. The number of ether oxygens (including phenoxy) is 1. The van der Waals surface area contributed by atoms with Gasteiger partial charge in [0.15, 0.2) is 5.78 Å². The highest BCUT2D eigenvalue weighted by Gasteiger charge is 2.30. The van der Waals surface area contributed by atoms with Crippen molar-refractivity contribution in [2.45, 2.75) is 31.9 Å². The highest BCUT2D eigenvalue weighted by Crippen LogP contribution is 2.38. The number of ketones is 1. The number of aromatic nitrogens is 2. The minimum Gasteiger partial charge on any atom is -0.384 e. The van der Waals surface area contributed by atoms with Crippen LogP contribution in [0.4, 0.5) is 14.6 Å². The van der Waals surface area contributed by atoms with Crippen molar-refractivity contribution in [3.8, 4) is 0 Å². The lowest BCUT2D eigenvalue weighted by molar-refractivity contribution is 0.0984. The number of benzene rings is 1. The van der Waals surface area contributed by atoms with Crippen LogP contribution < -0.4 is 5.73 Å². The van der Waals surface area contributed by atoms with Gasteiger partial charge in [-0.05, 0) is 25.0 Å². The van der Waals surface area contributed by atoms with E-state index in [2.05, 4.69) is 5.10 Å². The van der Waals surface area contributed by atoms with Crippen molar-refractivity contribution in [2.75, 3.05) is 12.8 Å². The number of hydrogen-bond donors (Lipinski definition) is 1. The van der Waals surface area contributed by atoms with Crippen LogP contribution in [0.25, 0.3) is 0 Å². The molecule has 23 heavy (non-hydrogen) atoms. The number of carbonyl (C=O) groups is 1. The molecule has 1 aromatic heterocycles. The zero-order valence-electron chi connectivity index (χ0n) is 12.7. The summed E-state index contributed by atoms with van der Waals surface area (Å²) in [5.41, 5.74) is 6.54. The molecule has 1 fully saturated rings. The van der Waals surface area contributed by atoms with Gasteiger partial charge < -0.3 is 10.5 Å². The molecule has 0 amide bonds. The summed E-state index contributed by atoms with van der Waals surface area (Å²) in [5.74, 6) is -2.06. The van der Waals surface area contributed by atoms with E-state index in [4.69, 9.17) is 10.5 Å². The Labute approximate surface area is 132 Å². The molecule has 5 nitrogen and oxygen atoms in total. The number of hydrogen-bond acceptors (Lipinski definition) is 4. The molecule has 0 saturated heterocycles. The predicted molar refractivity (Wildman–Crippen MR) is 80.0 cm³/mol. The van der Waals surface area contributed by atoms with E-state index in [0.717, 1.165) is 25.0 Å². The Hall–Kier alpha value is -2.28. The fraction of sp³-hybridized carbons (Fsp3) is 0.375. The molecular formula is C16H17F2N3O2. The van der Waals surface area contributed by atoms with Crippen molar-refractivity contribution in [3.63, 3.8) is 0 Å². The molecule has 1 aliphatic carbocycles. The largest absolute Gasteiger partial charge is 0.384 e. The second-order valence-electron chi connectivity index (χ2n) is 5.62. The first kappa shape index (κ1) is 15.6. The van der Waals surface area contributed by atoms with Gasteiger partial charge in [0.1, 0.15) is 17.5 Å². The van der Waals surface area contributed by atoms with Gasteiger partial charge in [-0.25, -0.2) is 13.5 Å². The van der Waals surface area contributed by atoms with E-state index >= 15 is 0 Å². The van der Waals surface area contributed by atoms with Gasteiger partial charge in [-0.1, -0.05) is 6.07 Å². The number of nitrogens with zero attached hydrogens (tertiary/aromatic N) is 2. The number of nitrogen functional groups attached to an aromatic ring is 1. The monoisotopic (exact) mass is 321 g/mol. The van der Waals surface area contributed by atoms with Gasteiger partial charge in [0.25, 0.3) is 0 Å². The average Bonchev–Trinajstić information content (AvgIpc) is 3.29. The lowest BCUT2D eigenvalue weighted by Crippen LogP contribution is -2.11. The third-order valence-electron chi connectivity index (χ3n) is 3.89. The molecule has 0 bridgehead atoms. The zero-order chi connectivity index (χ0) is 16.6. The smallest absolute Gasteiger partial charge is 0.173 e. The summed E-state index contributed by atoms with van der Waals surface area (Å²) >= 11 is 0. The number of methoxy groups -OCH3 is 1. The van der Waals surface area contributed by atoms with Crippen LogP contribution in [0.5, 0.6) is 0 Å². The van der Waals surface area contributed by atoms with Gasteiger partial charge in [0.05, 0.1) is 23.9 Å². The Bertz CT molecular complexity index is 734. The molecule has 1 aromatic carbocycles. The standard InChI is InChI=1S/C16H17F2N3O2/c1-23-8-13-10(16(19)21(20-13)9-5-6-9)7-14(22)15-11(17)3-2-4-12(15)18/h2-4,9H,5-8,19H2,1H3. The summed E-state index contributed by atoms with van der Waals surface area (Å²) in [6.45, 7) is 0.187. The fourth-order valence-electron chi connectivity index (χ4n) is 2.59. The van der Waals surface area contributed by atoms with Gasteiger partial charge >= 0.3 is 0 Å². The molecule has 2 N–H and O–H groups in total. The van der Waals surface area contributed by atoms with E-state index in [0.29, 0.717) is 17.1 Å². The first-order valence-corrected chi connectivity index (χ1v) is 7.34. The van der Waals surface area contributed by atoms with Crippen molar-refractivity contribution < 1.29 is 18.3 Å². The van der Waals surface area contributed by atoms with Crippen molar-refractivity contribution >= 4 is 11.6 Å². The van der Waals surface area contributed by atoms with Crippen LogP contribution in [0.15, 0.2) is 18.2 Å². The van der Waals surface area contributed by atoms with Gasteiger partial charge in [-0.2, -0.15) is 5.10 Å². The van der Waals surface area contributed by atoms with Gasteiger partial charge in [0, 0.05) is 19.1 Å². The average molecular weight is 321 g/mol. The Morgan fingerprint density at radius 1 is 1.39 bits per heavy atom. The van der Waals surface area contributed by atoms with Gasteiger partial charge in [0.2, 0.25) is 0 Å². The molecule has 1 saturated carbocycles. The van der Waals surface area contributed by atoms with Crippen LogP contribution >= 0.6 is 0 Å². The van der Waals surface area contributed by atoms with Crippen LogP contribution in [0.2, 0.25) is 0 Å². The number of halogens is 2. The summed E-state index contributed by atoms with van der Waals surface area (Å²) in [6.07, 6.45) is 1.75. The third-order valence-corrected chi connectivity index (χ3v) is 3.89. The van der Waals surface area contributed by atoms with Crippen LogP contribution in [0, 0.1) is 11.6 Å². The Balaban J connectivity index is 1.94. The van der Waals surface area contributed by atoms with Crippen LogP contribution in [-0.2, 0) is 17.8 Å². The van der Waals surface area contributed by atoms with E-state index in [9.17, 15) is 13.6 Å². The van der Waals surface area contributed by atoms with Crippen LogP contribution in [0.1, 0.15) is 40.5 Å². The summed E-state index contributed by atoms with van der Waals surface area (Å²) in [4.78, 5) is 12.3. The summed E-state index contributed by atoms with van der Waals surface area (Å²) in [6, 6.07) is 3.57. The molecular weight excluding hydrogens is 304 g/mol. The van der Waals surface area contributed by atoms with Crippen LogP contribution in [-0.4, -0.2) is 22.7 Å². The fourth-order valence-corrected chi connectivity index (χ4v) is 2.59. The molecule has 0 unspecified atom stereocenters. The van der Waals surface area contributed by atoms with Gasteiger partial charge in [-0.15, -0.1) is 0 Å². The van der Waals surface area contributed by atoms with E-state index in [1.807, 2.05) is 0 Å². The molecule has 2 aromatic rings. The van der Waals surface area contributed by atoms with Crippen LogP contribution in [0.3, 0.4) is 0 Å².